The first-order valence-corrected chi connectivity index (χ1v) is 5.89. The Labute approximate surface area is 109 Å². The van der Waals surface area contributed by atoms with E-state index in [1.54, 1.807) is 17.1 Å². The van der Waals surface area contributed by atoms with Gasteiger partial charge in [-0.3, -0.25) is 9.48 Å². The summed E-state index contributed by atoms with van der Waals surface area (Å²) in [5, 5.41) is 5.15. The number of rotatable bonds is 4. The van der Waals surface area contributed by atoms with Gasteiger partial charge < -0.3 is 10.3 Å². The van der Waals surface area contributed by atoms with Crippen molar-refractivity contribution in [1.29, 1.82) is 0 Å². The van der Waals surface area contributed by atoms with Crippen LogP contribution in [0.15, 0.2) is 36.8 Å². The molecule has 0 aromatic carbocycles. The smallest absolute Gasteiger partial charge is 0.269 e. The maximum atomic E-state index is 10.9. The number of primary amides is 1. The minimum absolute atomic E-state index is 0.162. The molecule has 0 bridgehead atoms. The third-order valence-corrected chi connectivity index (χ3v) is 2.91. The number of aromatic nitrogens is 4. The molecule has 3 heterocycles. The van der Waals surface area contributed by atoms with Crippen molar-refractivity contribution >= 4 is 16.9 Å². The fourth-order valence-corrected chi connectivity index (χ4v) is 1.97. The summed E-state index contributed by atoms with van der Waals surface area (Å²) in [5.41, 5.74) is 6.23. The Bertz CT molecular complexity index is 727. The Morgan fingerprint density at radius 2 is 2.26 bits per heavy atom. The van der Waals surface area contributed by atoms with Crippen LogP contribution in [0.1, 0.15) is 10.5 Å². The molecule has 0 saturated carbocycles. The van der Waals surface area contributed by atoms with Crippen molar-refractivity contribution < 1.29 is 4.79 Å². The van der Waals surface area contributed by atoms with Crippen molar-refractivity contribution in [2.45, 2.75) is 13.1 Å². The minimum atomic E-state index is -0.563. The Morgan fingerprint density at radius 1 is 1.37 bits per heavy atom. The van der Waals surface area contributed by atoms with E-state index >= 15 is 0 Å². The van der Waals surface area contributed by atoms with Gasteiger partial charge >= 0.3 is 0 Å². The van der Waals surface area contributed by atoms with Gasteiger partial charge in [0, 0.05) is 36.6 Å². The topological polar surface area (TPSA) is 78.7 Å². The van der Waals surface area contributed by atoms with E-state index in [0.29, 0.717) is 13.1 Å². The van der Waals surface area contributed by atoms with Crippen molar-refractivity contribution in [2.24, 2.45) is 5.73 Å². The number of hydrogen-bond donors (Lipinski definition) is 1. The highest BCUT2D eigenvalue weighted by atomic mass is 16.1. The summed E-state index contributed by atoms with van der Waals surface area (Å²) in [6.45, 7) is 1.35. The SMILES string of the molecule is NC(=O)c1[c]cn(CCn2ccc3cccnc32)n1. The molecule has 0 spiro atoms. The van der Waals surface area contributed by atoms with Gasteiger partial charge in [0.25, 0.3) is 5.91 Å². The molecule has 19 heavy (non-hydrogen) atoms. The lowest BCUT2D eigenvalue weighted by molar-refractivity contribution is 0.0994. The first kappa shape index (κ1) is 11.5. The van der Waals surface area contributed by atoms with E-state index in [0.717, 1.165) is 11.0 Å². The van der Waals surface area contributed by atoms with Gasteiger partial charge in [0.1, 0.15) is 5.65 Å². The largest absolute Gasteiger partial charge is 0.364 e. The summed E-state index contributed by atoms with van der Waals surface area (Å²) < 4.78 is 3.69. The molecule has 1 amide bonds. The van der Waals surface area contributed by atoms with E-state index in [2.05, 4.69) is 16.1 Å². The molecular formula is C13H12N5O. The van der Waals surface area contributed by atoms with Crippen LogP contribution in [0, 0.1) is 6.07 Å². The Kier molecular flexibility index (Phi) is 2.75. The van der Waals surface area contributed by atoms with Crippen LogP contribution in [0.2, 0.25) is 0 Å². The third kappa shape index (κ3) is 2.20. The molecule has 0 aliphatic rings. The van der Waals surface area contributed by atoms with E-state index in [4.69, 9.17) is 5.73 Å². The highest BCUT2D eigenvalue weighted by Crippen LogP contribution is 2.12. The van der Waals surface area contributed by atoms with E-state index in [9.17, 15) is 4.79 Å². The average molecular weight is 254 g/mol. The standard InChI is InChI=1S/C13H12N5O/c14-12(19)11-4-7-18(16-11)9-8-17-6-3-10-2-1-5-15-13(10)17/h1-3,5-7H,8-9H2,(H2,14,19). The van der Waals surface area contributed by atoms with E-state index in [1.807, 2.05) is 29.0 Å². The molecule has 3 aromatic heterocycles. The second-order valence-corrected chi connectivity index (χ2v) is 4.17. The summed E-state index contributed by atoms with van der Waals surface area (Å²) in [6, 6.07) is 8.68. The number of nitrogens with two attached hydrogens (primary N) is 1. The van der Waals surface area contributed by atoms with Gasteiger partial charge in [-0.1, -0.05) is 0 Å². The Hall–Kier alpha value is -2.63. The molecule has 0 unspecified atom stereocenters. The molecule has 6 nitrogen and oxygen atoms in total. The molecule has 0 atom stereocenters. The first-order valence-electron chi connectivity index (χ1n) is 5.89. The minimum Gasteiger partial charge on any atom is -0.364 e. The number of pyridine rings is 1. The van der Waals surface area contributed by atoms with Gasteiger partial charge in [-0.25, -0.2) is 4.98 Å². The van der Waals surface area contributed by atoms with Crippen LogP contribution in [0.5, 0.6) is 0 Å². The summed E-state index contributed by atoms with van der Waals surface area (Å²) in [4.78, 5) is 15.3. The zero-order valence-corrected chi connectivity index (χ0v) is 10.2. The number of aryl methyl sites for hydroxylation is 2. The third-order valence-electron chi connectivity index (χ3n) is 2.91. The van der Waals surface area contributed by atoms with Crippen LogP contribution < -0.4 is 5.73 Å². The lowest BCUT2D eigenvalue weighted by atomic mass is 10.3. The van der Waals surface area contributed by atoms with Gasteiger partial charge in [-0.2, -0.15) is 5.10 Å². The zero-order valence-electron chi connectivity index (χ0n) is 10.2. The lowest BCUT2D eigenvalue weighted by Gasteiger charge is -2.04. The Balaban J connectivity index is 1.76. The Morgan fingerprint density at radius 3 is 3.05 bits per heavy atom. The van der Waals surface area contributed by atoms with E-state index in [1.165, 1.54) is 0 Å². The van der Waals surface area contributed by atoms with Crippen LogP contribution in [-0.2, 0) is 13.1 Å². The summed E-state index contributed by atoms with van der Waals surface area (Å²) in [5.74, 6) is -0.563. The fourth-order valence-electron chi connectivity index (χ4n) is 1.97. The molecular weight excluding hydrogens is 242 g/mol. The predicted molar refractivity (Wildman–Crippen MR) is 69.3 cm³/mol. The molecule has 6 heteroatoms. The molecule has 0 aliphatic carbocycles. The summed E-state index contributed by atoms with van der Waals surface area (Å²) in [6.07, 6.45) is 5.38. The lowest BCUT2D eigenvalue weighted by Crippen LogP contribution is -2.13. The molecule has 2 N–H and O–H groups in total. The van der Waals surface area contributed by atoms with Crippen molar-refractivity contribution in [3.05, 3.63) is 48.5 Å². The molecule has 1 radical (unpaired) electrons. The maximum Gasteiger partial charge on any atom is 0.269 e. The highest BCUT2D eigenvalue weighted by molar-refractivity contribution is 5.90. The van der Waals surface area contributed by atoms with Crippen molar-refractivity contribution in [3.63, 3.8) is 0 Å². The van der Waals surface area contributed by atoms with E-state index in [-0.39, 0.29) is 5.69 Å². The number of carbonyl (C=O) groups is 1. The van der Waals surface area contributed by atoms with Crippen LogP contribution >= 0.6 is 0 Å². The van der Waals surface area contributed by atoms with Crippen molar-refractivity contribution in [3.8, 4) is 0 Å². The second-order valence-electron chi connectivity index (χ2n) is 4.17. The maximum absolute atomic E-state index is 10.9. The van der Waals surface area contributed by atoms with Crippen LogP contribution in [-0.4, -0.2) is 25.2 Å². The molecule has 3 rings (SSSR count). The molecule has 95 valence electrons. The number of amides is 1. The molecule has 0 fully saturated rings. The monoisotopic (exact) mass is 254 g/mol. The molecule has 0 aliphatic heterocycles. The van der Waals surface area contributed by atoms with Gasteiger partial charge in [0.2, 0.25) is 0 Å². The van der Waals surface area contributed by atoms with Gasteiger partial charge in [-0.05, 0) is 18.2 Å². The number of carbonyl (C=O) groups excluding carboxylic acids is 1. The number of hydrogen-bond acceptors (Lipinski definition) is 3. The van der Waals surface area contributed by atoms with Crippen molar-refractivity contribution in [1.82, 2.24) is 19.3 Å². The highest BCUT2D eigenvalue weighted by Gasteiger charge is 2.06. The normalized spacial score (nSPS) is 10.9. The number of fused-ring (bicyclic) bond motifs is 1. The van der Waals surface area contributed by atoms with Gasteiger partial charge in [0.15, 0.2) is 5.69 Å². The van der Waals surface area contributed by atoms with E-state index < -0.39 is 5.91 Å². The predicted octanol–water partition coefficient (Wildman–Crippen LogP) is 0.832. The quantitative estimate of drug-likeness (QED) is 0.749. The summed E-state index contributed by atoms with van der Waals surface area (Å²) in [7, 11) is 0. The van der Waals surface area contributed by atoms with Gasteiger partial charge in [0.05, 0.1) is 6.54 Å². The van der Waals surface area contributed by atoms with Crippen LogP contribution in [0.4, 0.5) is 0 Å². The molecule has 3 aromatic rings. The van der Waals surface area contributed by atoms with Crippen LogP contribution in [0.25, 0.3) is 11.0 Å². The summed E-state index contributed by atoms with van der Waals surface area (Å²) >= 11 is 0. The van der Waals surface area contributed by atoms with Crippen LogP contribution in [0.3, 0.4) is 0 Å². The zero-order chi connectivity index (χ0) is 13.2. The fraction of sp³-hybridized carbons (Fsp3) is 0.154. The average Bonchev–Trinajstić information content (AvgIpc) is 3.03. The first-order chi connectivity index (χ1) is 9.24. The van der Waals surface area contributed by atoms with Crippen molar-refractivity contribution in [2.75, 3.05) is 0 Å². The van der Waals surface area contributed by atoms with Gasteiger partial charge in [-0.15, -0.1) is 0 Å². The molecule has 0 saturated heterocycles. The second kappa shape index (κ2) is 4.56. The number of nitrogens with zero attached hydrogens (tertiary/aromatic N) is 4.